The predicted octanol–water partition coefficient (Wildman–Crippen LogP) is 0.927. The number of fused-ring (bicyclic) bond motifs is 1. The molecule has 1 aromatic carbocycles. The van der Waals surface area contributed by atoms with Gasteiger partial charge in [-0.15, -0.1) is 0 Å². The highest BCUT2D eigenvalue weighted by atomic mass is 16.5. The molecule has 8 nitrogen and oxygen atoms in total. The monoisotopic (exact) mass is 353 g/mol. The first kappa shape index (κ1) is 16.5. The molecule has 134 valence electrons. The third kappa shape index (κ3) is 2.68. The van der Waals surface area contributed by atoms with Crippen LogP contribution in [0.25, 0.3) is 10.9 Å². The van der Waals surface area contributed by atoms with Crippen molar-refractivity contribution in [1.29, 1.82) is 0 Å². The van der Waals surface area contributed by atoms with Crippen molar-refractivity contribution >= 4 is 16.8 Å². The Morgan fingerprint density at radius 2 is 2.12 bits per heavy atom. The Labute approximate surface area is 149 Å². The lowest BCUT2D eigenvalue weighted by Gasteiger charge is -2.19. The molecule has 2 aromatic heterocycles. The van der Waals surface area contributed by atoms with E-state index < -0.39 is 5.91 Å². The maximum Gasteiger partial charge on any atom is 0.276 e. The molecule has 0 unspecified atom stereocenters. The van der Waals surface area contributed by atoms with Gasteiger partial charge in [-0.05, 0) is 18.6 Å². The van der Waals surface area contributed by atoms with Gasteiger partial charge in [-0.25, -0.2) is 4.98 Å². The van der Waals surface area contributed by atoms with Crippen molar-refractivity contribution in [3.8, 4) is 0 Å². The third-order valence-electron chi connectivity index (χ3n) is 4.70. The molecule has 2 atom stereocenters. The molecule has 1 fully saturated rings. The molecule has 1 aliphatic rings. The van der Waals surface area contributed by atoms with Crippen molar-refractivity contribution in [3.63, 3.8) is 0 Å². The molecule has 8 heteroatoms. The number of hydrogen-bond donors (Lipinski definition) is 1. The van der Waals surface area contributed by atoms with E-state index in [9.17, 15) is 9.59 Å². The number of hydrogen-bond acceptors (Lipinski definition) is 5. The lowest BCUT2D eigenvalue weighted by Crippen LogP contribution is -2.40. The van der Waals surface area contributed by atoms with Crippen molar-refractivity contribution in [1.82, 2.24) is 24.6 Å². The lowest BCUT2D eigenvalue weighted by atomic mass is 10.1. The molecule has 1 saturated heterocycles. The van der Waals surface area contributed by atoms with Gasteiger partial charge in [-0.3, -0.25) is 14.3 Å². The van der Waals surface area contributed by atoms with Gasteiger partial charge >= 0.3 is 0 Å². The SMILES string of the molecule is Cn1ccnc1[C@H]1OCC[C@@H]1NC(=O)c1nn(C)c2ccccc2c1=O. The molecular weight excluding hydrogens is 334 g/mol. The van der Waals surface area contributed by atoms with Crippen molar-refractivity contribution in [2.75, 3.05) is 6.61 Å². The van der Waals surface area contributed by atoms with Gasteiger partial charge in [0.1, 0.15) is 11.9 Å². The first-order valence-electron chi connectivity index (χ1n) is 8.42. The van der Waals surface area contributed by atoms with Crippen LogP contribution in [0.4, 0.5) is 0 Å². The molecule has 0 saturated carbocycles. The van der Waals surface area contributed by atoms with Gasteiger partial charge in [0.25, 0.3) is 5.91 Å². The number of amides is 1. The van der Waals surface area contributed by atoms with E-state index in [-0.39, 0.29) is 23.3 Å². The second-order valence-corrected chi connectivity index (χ2v) is 6.37. The number of benzene rings is 1. The molecule has 3 aromatic rings. The topological polar surface area (TPSA) is 91.0 Å². The van der Waals surface area contributed by atoms with Crippen LogP contribution in [0, 0.1) is 0 Å². The second-order valence-electron chi connectivity index (χ2n) is 6.37. The smallest absolute Gasteiger partial charge is 0.276 e. The van der Waals surface area contributed by atoms with Gasteiger partial charge < -0.3 is 14.6 Å². The fourth-order valence-electron chi connectivity index (χ4n) is 3.35. The van der Waals surface area contributed by atoms with Crippen LogP contribution in [-0.2, 0) is 18.8 Å². The molecule has 1 N–H and O–H groups in total. The Bertz CT molecular complexity index is 1040. The van der Waals surface area contributed by atoms with Crippen molar-refractivity contribution in [2.24, 2.45) is 14.1 Å². The zero-order valence-corrected chi connectivity index (χ0v) is 14.5. The Kier molecular flexibility index (Phi) is 4.04. The highest BCUT2D eigenvalue weighted by molar-refractivity contribution is 5.95. The van der Waals surface area contributed by atoms with E-state index in [0.29, 0.717) is 23.9 Å². The maximum absolute atomic E-state index is 12.7. The molecule has 1 aliphatic heterocycles. The predicted molar refractivity (Wildman–Crippen MR) is 94.8 cm³/mol. The van der Waals surface area contributed by atoms with E-state index >= 15 is 0 Å². The zero-order chi connectivity index (χ0) is 18.3. The molecule has 0 spiro atoms. The Hall–Kier alpha value is -3.00. The fourth-order valence-corrected chi connectivity index (χ4v) is 3.35. The number of nitrogens with zero attached hydrogens (tertiary/aromatic N) is 4. The average Bonchev–Trinajstić information content (AvgIpc) is 3.26. The second kappa shape index (κ2) is 6.38. The fraction of sp³-hybridized carbons (Fsp3) is 0.333. The summed E-state index contributed by atoms with van der Waals surface area (Å²) in [6.45, 7) is 0.519. The zero-order valence-electron chi connectivity index (χ0n) is 14.5. The molecule has 3 heterocycles. The van der Waals surface area contributed by atoms with Gasteiger partial charge in [0.15, 0.2) is 5.69 Å². The Morgan fingerprint density at radius 1 is 1.31 bits per heavy atom. The summed E-state index contributed by atoms with van der Waals surface area (Å²) >= 11 is 0. The van der Waals surface area contributed by atoms with E-state index in [2.05, 4.69) is 15.4 Å². The van der Waals surface area contributed by atoms with Crippen LogP contribution in [0.5, 0.6) is 0 Å². The molecule has 26 heavy (non-hydrogen) atoms. The average molecular weight is 353 g/mol. The van der Waals surface area contributed by atoms with Crippen LogP contribution in [0.15, 0.2) is 41.5 Å². The van der Waals surface area contributed by atoms with Gasteiger partial charge in [-0.2, -0.15) is 5.10 Å². The van der Waals surface area contributed by atoms with Crippen LogP contribution in [-0.4, -0.2) is 37.9 Å². The van der Waals surface area contributed by atoms with Crippen LogP contribution < -0.4 is 10.7 Å². The summed E-state index contributed by atoms with van der Waals surface area (Å²) in [6, 6.07) is 6.84. The largest absolute Gasteiger partial charge is 0.368 e. The maximum atomic E-state index is 12.7. The normalized spacial score (nSPS) is 19.8. The van der Waals surface area contributed by atoms with Gasteiger partial charge in [0, 0.05) is 38.5 Å². The quantitative estimate of drug-likeness (QED) is 0.756. The van der Waals surface area contributed by atoms with Crippen molar-refractivity contribution in [2.45, 2.75) is 18.6 Å². The van der Waals surface area contributed by atoms with E-state index in [4.69, 9.17) is 4.74 Å². The summed E-state index contributed by atoms with van der Waals surface area (Å²) in [7, 11) is 3.59. The molecule has 0 bridgehead atoms. The van der Waals surface area contributed by atoms with Crippen LogP contribution in [0.3, 0.4) is 0 Å². The highest BCUT2D eigenvalue weighted by Gasteiger charge is 2.34. The molecule has 4 rings (SSSR count). The number of nitrogens with one attached hydrogen (secondary N) is 1. The van der Waals surface area contributed by atoms with E-state index in [0.717, 1.165) is 5.82 Å². The molecule has 0 radical (unpaired) electrons. The number of para-hydroxylation sites is 1. The summed E-state index contributed by atoms with van der Waals surface area (Å²) in [5.41, 5.74) is 0.199. The highest BCUT2D eigenvalue weighted by Crippen LogP contribution is 2.27. The summed E-state index contributed by atoms with van der Waals surface area (Å²) in [6.07, 6.45) is 3.83. The number of carbonyl (C=O) groups is 1. The van der Waals surface area contributed by atoms with Gasteiger partial charge in [-0.1, -0.05) is 12.1 Å². The van der Waals surface area contributed by atoms with Gasteiger partial charge in [0.2, 0.25) is 5.43 Å². The van der Waals surface area contributed by atoms with Crippen molar-refractivity contribution in [3.05, 3.63) is 58.4 Å². The molecule has 1 amide bonds. The standard InChI is InChI=1S/C18H19N5O3/c1-22-9-8-19-17(22)16-12(7-10-26-16)20-18(25)14-15(24)11-5-3-4-6-13(11)23(2)21-14/h3-6,8-9,12,16H,7,10H2,1-2H3,(H,20,25)/t12-,16-/m0/s1. The molecular formula is C18H19N5O3. The van der Waals surface area contributed by atoms with Crippen molar-refractivity contribution < 1.29 is 9.53 Å². The first-order valence-corrected chi connectivity index (χ1v) is 8.42. The summed E-state index contributed by atoms with van der Waals surface area (Å²) < 4.78 is 9.16. The number of aromatic nitrogens is 4. The molecule has 0 aliphatic carbocycles. The van der Waals surface area contributed by atoms with Crippen LogP contribution in [0.1, 0.15) is 28.8 Å². The number of aryl methyl sites for hydroxylation is 2. The number of ether oxygens (including phenoxy) is 1. The Balaban J connectivity index is 1.64. The summed E-state index contributed by atoms with van der Waals surface area (Å²) in [5, 5.41) is 7.55. The number of rotatable bonds is 3. The lowest BCUT2D eigenvalue weighted by molar-refractivity contribution is 0.0774. The van der Waals surface area contributed by atoms with E-state index in [1.165, 1.54) is 0 Å². The Morgan fingerprint density at radius 3 is 2.88 bits per heavy atom. The minimum absolute atomic E-state index is 0.114. The summed E-state index contributed by atoms with van der Waals surface area (Å²) in [5.74, 6) is 0.248. The van der Waals surface area contributed by atoms with E-state index in [1.807, 2.05) is 23.9 Å². The minimum atomic E-state index is -0.494. The number of carbonyl (C=O) groups excluding carboxylic acids is 1. The van der Waals surface area contributed by atoms with Gasteiger partial charge in [0.05, 0.1) is 11.6 Å². The van der Waals surface area contributed by atoms with Crippen LogP contribution >= 0.6 is 0 Å². The first-order chi connectivity index (χ1) is 12.6. The third-order valence-corrected chi connectivity index (χ3v) is 4.70. The number of imidazole rings is 1. The summed E-state index contributed by atoms with van der Waals surface area (Å²) in [4.78, 5) is 29.7. The minimum Gasteiger partial charge on any atom is -0.368 e. The van der Waals surface area contributed by atoms with E-state index in [1.54, 1.807) is 36.1 Å². The van der Waals surface area contributed by atoms with Crippen LogP contribution in [0.2, 0.25) is 0 Å².